The van der Waals surface area contributed by atoms with Crippen LogP contribution in [0.3, 0.4) is 0 Å². The minimum Gasteiger partial charge on any atom is -0.743 e. The highest BCUT2D eigenvalue weighted by Gasteiger charge is 2.48. The van der Waals surface area contributed by atoms with Crippen LogP contribution in [0.5, 0.6) is 11.5 Å². The number of phenols is 2. The van der Waals surface area contributed by atoms with Gasteiger partial charge in [0.05, 0.1) is 28.5 Å². The number of ether oxygens (including phenoxy) is 1. The Morgan fingerprint density at radius 2 is 1.07 bits per heavy atom. The molecule has 1 aliphatic rings. The molecule has 6 rings (SSSR count). The predicted molar refractivity (Wildman–Crippen MR) is 289 cm³/mol. The van der Waals surface area contributed by atoms with Crippen molar-refractivity contribution in [2.24, 2.45) is 17.3 Å². The van der Waals surface area contributed by atoms with Gasteiger partial charge in [0.2, 0.25) is 11.8 Å². The quantitative estimate of drug-likeness (QED) is 0.0318. The molecule has 402 valence electrons. The maximum absolute atomic E-state index is 13.0. The molecule has 0 spiro atoms. The van der Waals surface area contributed by atoms with Crippen molar-refractivity contribution in [2.45, 2.75) is 146 Å². The van der Waals surface area contributed by atoms with E-state index in [2.05, 4.69) is 99.0 Å². The maximum Gasteiger partial charge on any atom is 0.369 e. The molecule has 0 aromatic heterocycles. The van der Waals surface area contributed by atoms with E-state index in [-0.39, 0.29) is 41.1 Å². The summed E-state index contributed by atoms with van der Waals surface area (Å²) in [5.41, 5.74) is 1.88. The third-order valence-corrected chi connectivity index (χ3v) is 16.0. The summed E-state index contributed by atoms with van der Waals surface area (Å²) in [7, 11) is -5.99. The lowest BCUT2D eigenvalue weighted by molar-refractivity contribution is -0.170. The number of imide groups is 1. The number of benzene rings is 5. The van der Waals surface area contributed by atoms with Crippen LogP contribution in [-0.4, -0.2) is 68.9 Å². The van der Waals surface area contributed by atoms with Crippen LogP contribution in [0.1, 0.15) is 131 Å². The molecule has 15 heteroatoms. The molecule has 3 N–H and O–H groups in total. The van der Waals surface area contributed by atoms with Gasteiger partial charge in [-0.3, -0.25) is 19.3 Å². The standard InChI is InChI=1S/C18H14OS.C13H20O.C10H14O.C9H16F2O5S.C9H11NO2/c19-15-11-13-18(14-12-15)20(16-7-3-1-4-8-16)17-9-5-2-6-10-17;1-5-10(2)11-6-8-12(9-7-11)13(3,4)14;1-3-8(2)9-4-6-10(11)7-5-9;1-5-8(3,4)7(12)16-6(2)9(10,11)17(13,14)15;1-4-5-10-8(11)6(2)7(3)9(10)12/h1-14H;6-10,14H,5H2,1-4H3;4-8,11H,3H2,1-2H3;6H,5H2,1-4H3,(H,13,14,15);1,6-7H,5H2,2-3H3. The molecule has 11 nitrogen and oxygen atoms in total. The lowest BCUT2D eigenvalue weighted by Gasteiger charge is -2.29. The van der Waals surface area contributed by atoms with Gasteiger partial charge in [0.1, 0.15) is 11.5 Å². The van der Waals surface area contributed by atoms with Crippen LogP contribution in [0.15, 0.2) is 148 Å². The third kappa shape index (κ3) is 19.0. The number of aliphatic hydroxyl groups is 1. The molecule has 1 aliphatic heterocycles. The molecule has 1 fully saturated rings. The Morgan fingerprint density at radius 3 is 1.41 bits per heavy atom. The molecule has 0 saturated carbocycles. The summed E-state index contributed by atoms with van der Waals surface area (Å²) in [6.07, 6.45) is 5.34. The van der Waals surface area contributed by atoms with Gasteiger partial charge in [0, 0.05) is 11.8 Å². The fourth-order valence-electron chi connectivity index (χ4n) is 6.61. The summed E-state index contributed by atoms with van der Waals surface area (Å²) in [5, 5.41) is 23.6. The van der Waals surface area contributed by atoms with E-state index in [0.29, 0.717) is 36.7 Å². The van der Waals surface area contributed by atoms with E-state index in [1.807, 2.05) is 62.4 Å². The zero-order valence-corrected chi connectivity index (χ0v) is 46.3. The number of rotatable bonds is 14. The van der Waals surface area contributed by atoms with Gasteiger partial charge in [-0.05, 0) is 143 Å². The Bertz CT molecular complexity index is 2590. The van der Waals surface area contributed by atoms with Gasteiger partial charge in [-0.2, -0.15) is 8.78 Å². The van der Waals surface area contributed by atoms with Gasteiger partial charge in [-0.15, -0.1) is 6.42 Å². The van der Waals surface area contributed by atoms with Crippen molar-refractivity contribution in [3.8, 4) is 23.8 Å². The largest absolute Gasteiger partial charge is 0.743 e. The molecule has 0 bridgehead atoms. The van der Waals surface area contributed by atoms with E-state index >= 15 is 0 Å². The highest BCUT2D eigenvalue weighted by molar-refractivity contribution is 7.97. The Balaban J connectivity index is 0.000000322. The monoisotopic (exact) mass is 1060 g/mol. The van der Waals surface area contributed by atoms with Gasteiger partial charge in [0.25, 0.3) is 0 Å². The summed E-state index contributed by atoms with van der Waals surface area (Å²) < 4.78 is 61.2. The number of hydrogen-bond donors (Lipinski definition) is 3. The number of esters is 1. The second-order valence-electron chi connectivity index (χ2n) is 19.2. The Kier molecular flexibility index (Phi) is 25.2. The normalized spacial score (nSPS) is 15.8. The van der Waals surface area contributed by atoms with Crippen LogP contribution in [0.25, 0.3) is 0 Å². The number of amides is 2. The van der Waals surface area contributed by atoms with E-state index in [1.54, 1.807) is 45.0 Å². The first kappa shape index (κ1) is 64.1. The SMILES string of the molecule is C#CCN1C(=O)C(C)C(C)C1=O.CCC(C)(C)C(=O)OC(C)C(F)(F)S(=O)(=O)[O-].CCC(C)c1ccc(C(C)(C)O)cc1.CCC(C)c1ccc(O)cc1.Oc1ccc([S+](c2ccccc2)c2ccccc2)cc1. The molecule has 5 aromatic carbocycles. The van der Waals surface area contributed by atoms with Crippen molar-refractivity contribution in [3.05, 3.63) is 150 Å². The van der Waals surface area contributed by atoms with Crippen molar-refractivity contribution in [1.82, 2.24) is 4.90 Å². The Morgan fingerprint density at radius 1 is 0.703 bits per heavy atom. The molecule has 5 aromatic rings. The molecule has 1 heterocycles. The maximum atomic E-state index is 13.0. The summed E-state index contributed by atoms with van der Waals surface area (Å²) >= 11 is 0. The number of terminal acetylenes is 1. The number of alkyl halides is 2. The molecule has 5 unspecified atom stereocenters. The molecule has 0 radical (unpaired) electrons. The van der Waals surface area contributed by atoms with Crippen molar-refractivity contribution in [2.75, 3.05) is 6.54 Å². The molecular formula is C59H75F2NO10S2. The highest BCUT2D eigenvalue weighted by Crippen LogP contribution is 2.33. The number of phenolic OH excluding ortho intramolecular Hbond substituents is 2. The number of halogens is 2. The third-order valence-electron chi connectivity index (χ3n) is 12.7. The van der Waals surface area contributed by atoms with Crippen LogP contribution >= 0.6 is 0 Å². The lowest BCUT2D eigenvalue weighted by atomic mass is 9.91. The Hall–Kier alpha value is -6.05. The number of aromatic hydroxyl groups is 2. The zero-order valence-electron chi connectivity index (χ0n) is 44.7. The van der Waals surface area contributed by atoms with Crippen molar-refractivity contribution < 1.29 is 56.2 Å². The topological polar surface area (TPSA) is 182 Å². The van der Waals surface area contributed by atoms with Gasteiger partial charge in [-0.1, -0.05) is 127 Å². The van der Waals surface area contributed by atoms with Gasteiger partial charge in [-0.25, -0.2) is 8.42 Å². The van der Waals surface area contributed by atoms with E-state index in [4.69, 9.17) is 11.5 Å². The lowest BCUT2D eigenvalue weighted by Crippen LogP contribution is -2.44. The minimum atomic E-state index is -5.86. The molecule has 0 aliphatic carbocycles. The number of hydrogen-bond acceptors (Lipinski definition) is 10. The van der Waals surface area contributed by atoms with Gasteiger partial charge < -0.3 is 24.6 Å². The molecule has 1 saturated heterocycles. The van der Waals surface area contributed by atoms with E-state index in [9.17, 15) is 46.3 Å². The first-order valence-electron chi connectivity index (χ1n) is 24.6. The Labute approximate surface area is 441 Å². The molecule has 5 atom stereocenters. The number of likely N-dealkylation sites (tertiary alicyclic amines) is 1. The second-order valence-corrected chi connectivity index (χ2v) is 22.6. The molecule has 74 heavy (non-hydrogen) atoms. The van der Waals surface area contributed by atoms with Crippen LogP contribution in [0.2, 0.25) is 0 Å². The summed E-state index contributed by atoms with van der Waals surface area (Å²) in [5.74, 6) is 2.44. The van der Waals surface area contributed by atoms with Crippen LogP contribution in [-0.2, 0) is 45.7 Å². The van der Waals surface area contributed by atoms with Crippen molar-refractivity contribution >= 4 is 38.8 Å². The number of nitrogens with zero attached hydrogens (tertiary/aromatic N) is 1. The van der Waals surface area contributed by atoms with E-state index in [1.165, 1.54) is 39.7 Å². The number of carbonyl (C=O) groups excluding carboxylic acids is 3. The fourth-order valence-corrected chi connectivity index (χ4v) is 9.15. The van der Waals surface area contributed by atoms with Crippen LogP contribution < -0.4 is 0 Å². The minimum absolute atomic E-state index is 0.104. The van der Waals surface area contributed by atoms with Crippen molar-refractivity contribution in [1.29, 1.82) is 0 Å². The smallest absolute Gasteiger partial charge is 0.369 e. The average Bonchev–Trinajstić information content (AvgIpc) is 3.55. The molecular weight excluding hydrogens is 985 g/mol. The average molecular weight is 1060 g/mol. The van der Waals surface area contributed by atoms with Crippen LogP contribution in [0.4, 0.5) is 8.78 Å². The number of carbonyl (C=O) groups is 3. The van der Waals surface area contributed by atoms with Crippen molar-refractivity contribution in [3.63, 3.8) is 0 Å². The highest BCUT2D eigenvalue weighted by atomic mass is 32.2. The summed E-state index contributed by atoms with van der Waals surface area (Å²) in [6.45, 7) is 21.2. The van der Waals surface area contributed by atoms with Gasteiger partial charge in [0.15, 0.2) is 30.9 Å². The predicted octanol–water partition coefficient (Wildman–Crippen LogP) is 12.6. The first-order valence-corrected chi connectivity index (χ1v) is 27.2. The summed E-state index contributed by atoms with van der Waals surface area (Å²) in [4.78, 5) is 39.0. The van der Waals surface area contributed by atoms with Gasteiger partial charge >= 0.3 is 11.2 Å². The van der Waals surface area contributed by atoms with E-state index in [0.717, 1.165) is 23.3 Å². The molecule has 2 amide bonds. The van der Waals surface area contributed by atoms with Crippen LogP contribution in [0, 0.1) is 29.6 Å². The zero-order chi connectivity index (χ0) is 56.2. The fraction of sp³-hybridized carbons (Fsp3) is 0.407. The second kappa shape index (κ2) is 29.1. The van der Waals surface area contributed by atoms with E-state index < -0.39 is 38.5 Å². The first-order chi connectivity index (χ1) is 34.5. The summed E-state index contributed by atoms with van der Waals surface area (Å²) in [6, 6.07) is 44.1.